The Morgan fingerprint density at radius 3 is 2.60 bits per heavy atom. The van der Waals surface area contributed by atoms with Crippen molar-refractivity contribution >= 4 is 17.5 Å². The predicted molar refractivity (Wildman–Crippen MR) is 115 cm³/mol. The summed E-state index contributed by atoms with van der Waals surface area (Å²) < 4.78 is 0. The number of aromatic amines is 1. The number of nitrogens with zero attached hydrogens (tertiary/aromatic N) is 4. The third kappa shape index (κ3) is 4.07. The molecule has 2 aliphatic heterocycles. The van der Waals surface area contributed by atoms with Gasteiger partial charge in [0, 0.05) is 42.4 Å². The Bertz CT molecular complexity index is 875. The van der Waals surface area contributed by atoms with Gasteiger partial charge in [0.1, 0.15) is 11.6 Å². The van der Waals surface area contributed by atoms with Crippen molar-refractivity contribution in [2.45, 2.75) is 83.2 Å². The maximum absolute atomic E-state index is 13.2. The molecule has 1 amide bonds. The molecule has 1 unspecified atom stereocenters. The van der Waals surface area contributed by atoms with Crippen LogP contribution in [-0.4, -0.2) is 43.1 Å². The summed E-state index contributed by atoms with van der Waals surface area (Å²) in [5, 5.41) is 10.4. The Morgan fingerprint density at radius 1 is 1.13 bits per heavy atom. The van der Waals surface area contributed by atoms with Crippen molar-refractivity contribution in [2.24, 2.45) is 11.8 Å². The van der Waals surface area contributed by atoms with E-state index in [1.807, 2.05) is 25.3 Å². The minimum atomic E-state index is 0.287. The van der Waals surface area contributed by atoms with Crippen molar-refractivity contribution in [3.05, 3.63) is 29.8 Å². The number of aromatic nitrogens is 4. The summed E-state index contributed by atoms with van der Waals surface area (Å²) >= 11 is 0. The first-order chi connectivity index (χ1) is 14.7. The summed E-state index contributed by atoms with van der Waals surface area (Å²) in [4.78, 5) is 24.7. The lowest BCUT2D eigenvalue weighted by atomic mass is 9.84. The molecular formula is C23H32N6O. The summed E-state index contributed by atoms with van der Waals surface area (Å²) in [6.07, 6.45) is 13.2. The van der Waals surface area contributed by atoms with Crippen molar-refractivity contribution in [1.29, 1.82) is 0 Å². The van der Waals surface area contributed by atoms with Crippen molar-refractivity contribution in [3.8, 4) is 0 Å². The van der Waals surface area contributed by atoms with E-state index in [1.165, 1.54) is 32.1 Å². The van der Waals surface area contributed by atoms with Crippen LogP contribution in [-0.2, 0) is 11.2 Å². The second-order valence-electron chi connectivity index (χ2n) is 9.43. The zero-order chi connectivity index (χ0) is 20.5. The fraction of sp³-hybridized carbons (Fsp3) is 0.652. The lowest BCUT2D eigenvalue weighted by Gasteiger charge is -2.41. The molecule has 160 valence electrons. The summed E-state index contributed by atoms with van der Waals surface area (Å²) in [6, 6.07) is 4.69. The Kier molecular flexibility index (Phi) is 5.44. The van der Waals surface area contributed by atoms with Gasteiger partial charge in [-0.25, -0.2) is 9.97 Å². The van der Waals surface area contributed by atoms with Gasteiger partial charge in [-0.3, -0.25) is 9.89 Å². The second kappa shape index (κ2) is 8.36. The van der Waals surface area contributed by atoms with E-state index in [9.17, 15) is 4.79 Å². The smallest absolute Gasteiger partial charge is 0.226 e. The number of hydrogen-bond acceptors (Lipinski definition) is 5. The minimum absolute atomic E-state index is 0.287. The molecule has 3 aliphatic rings. The van der Waals surface area contributed by atoms with E-state index >= 15 is 0 Å². The van der Waals surface area contributed by atoms with Gasteiger partial charge in [0.15, 0.2) is 5.82 Å². The van der Waals surface area contributed by atoms with Crippen LogP contribution in [0.4, 0.5) is 11.6 Å². The van der Waals surface area contributed by atoms with Crippen molar-refractivity contribution in [1.82, 2.24) is 25.1 Å². The molecule has 7 heteroatoms. The Balaban J connectivity index is 1.21. The van der Waals surface area contributed by atoms with Crippen LogP contribution in [0.5, 0.6) is 0 Å². The number of aryl methyl sites for hydroxylation is 1. The minimum Gasteiger partial charge on any atom is -0.336 e. The topological polar surface area (TPSA) is 86.8 Å². The summed E-state index contributed by atoms with van der Waals surface area (Å²) in [5.41, 5.74) is 1.01. The van der Waals surface area contributed by atoms with Gasteiger partial charge in [0.2, 0.25) is 5.91 Å². The average molecular weight is 409 g/mol. The zero-order valence-corrected chi connectivity index (χ0v) is 17.8. The van der Waals surface area contributed by atoms with Crippen LogP contribution in [0.15, 0.2) is 18.3 Å². The highest BCUT2D eigenvalue weighted by Crippen LogP contribution is 2.41. The van der Waals surface area contributed by atoms with Crippen molar-refractivity contribution in [3.63, 3.8) is 0 Å². The van der Waals surface area contributed by atoms with E-state index in [0.29, 0.717) is 23.9 Å². The molecule has 2 aromatic heterocycles. The third-order valence-electron chi connectivity index (χ3n) is 7.18. The van der Waals surface area contributed by atoms with Crippen LogP contribution in [0.1, 0.15) is 69.3 Å². The number of piperidine rings is 1. The largest absolute Gasteiger partial charge is 0.336 e. The number of amides is 1. The summed E-state index contributed by atoms with van der Waals surface area (Å²) in [6.45, 7) is 1.98. The second-order valence-corrected chi connectivity index (χ2v) is 9.43. The number of carbonyl (C=O) groups excluding carboxylic acids is 1. The number of rotatable bonds is 5. The van der Waals surface area contributed by atoms with Crippen LogP contribution < -0.4 is 5.32 Å². The first-order valence-corrected chi connectivity index (χ1v) is 11.6. The molecule has 30 heavy (non-hydrogen) atoms. The van der Waals surface area contributed by atoms with E-state index < -0.39 is 0 Å². The normalized spacial score (nSPS) is 26.7. The van der Waals surface area contributed by atoms with Gasteiger partial charge in [0.25, 0.3) is 0 Å². The van der Waals surface area contributed by atoms with Crippen LogP contribution >= 0.6 is 0 Å². The van der Waals surface area contributed by atoms with Gasteiger partial charge in [-0.1, -0.05) is 19.3 Å². The highest BCUT2D eigenvalue weighted by Gasteiger charge is 2.44. The van der Waals surface area contributed by atoms with E-state index in [4.69, 9.17) is 4.98 Å². The third-order valence-corrected chi connectivity index (χ3v) is 7.18. The van der Waals surface area contributed by atoms with Crippen LogP contribution in [0.25, 0.3) is 0 Å². The van der Waals surface area contributed by atoms with Crippen molar-refractivity contribution < 1.29 is 4.79 Å². The Morgan fingerprint density at radius 2 is 1.90 bits per heavy atom. The van der Waals surface area contributed by atoms with E-state index in [2.05, 4.69) is 25.4 Å². The number of carbonyl (C=O) groups is 1. The molecule has 4 heterocycles. The van der Waals surface area contributed by atoms with Gasteiger partial charge in [-0.05, 0) is 57.4 Å². The molecule has 0 aromatic carbocycles. The molecule has 2 bridgehead atoms. The van der Waals surface area contributed by atoms with Gasteiger partial charge >= 0.3 is 0 Å². The lowest BCUT2D eigenvalue weighted by Crippen LogP contribution is -2.49. The number of H-pyrrole nitrogens is 1. The summed E-state index contributed by atoms with van der Waals surface area (Å²) in [7, 11) is 0. The predicted octanol–water partition coefficient (Wildman–Crippen LogP) is 4.14. The number of hydrogen-bond donors (Lipinski definition) is 2. The Labute approximate surface area is 178 Å². The maximum atomic E-state index is 13.2. The van der Waals surface area contributed by atoms with E-state index in [-0.39, 0.29) is 5.92 Å². The molecule has 2 aromatic rings. The molecule has 2 saturated heterocycles. The monoisotopic (exact) mass is 408 g/mol. The quantitative estimate of drug-likeness (QED) is 0.776. The van der Waals surface area contributed by atoms with Crippen LogP contribution in [0.3, 0.4) is 0 Å². The van der Waals surface area contributed by atoms with Gasteiger partial charge in [0.05, 0.1) is 0 Å². The van der Waals surface area contributed by atoms with Crippen LogP contribution in [0.2, 0.25) is 0 Å². The fourth-order valence-corrected chi connectivity index (χ4v) is 5.82. The first-order valence-electron chi connectivity index (χ1n) is 11.6. The Hall–Kier alpha value is -2.44. The molecule has 1 aliphatic carbocycles. The molecule has 0 radical (unpaired) electrons. The number of nitrogens with one attached hydrogen (secondary N) is 2. The SMILES string of the molecule is Cc1cc(Nc2ccnc(CC3C[C@H]4CC[C@@H](C3)N4C(=O)C3CCCCC3)n2)n[nH]1. The molecule has 1 saturated carbocycles. The van der Waals surface area contributed by atoms with Gasteiger partial charge < -0.3 is 10.2 Å². The standard InChI is InChI=1S/C23H32N6O/c1-15-11-22(28-27-15)26-20-9-10-24-21(25-20)14-16-12-18-7-8-19(13-16)29(18)23(30)17-5-3-2-4-6-17/h9-11,16-19H,2-8,12-14H2,1H3,(H2,24,25,26,27,28)/t16?,18-,19+. The molecule has 0 spiro atoms. The maximum Gasteiger partial charge on any atom is 0.226 e. The molecule has 3 fully saturated rings. The van der Waals surface area contributed by atoms with Crippen LogP contribution in [0, 0.1) is 18.8 Å². The zero-order valence-electron chi connectivity index (χ0n) is 17.8. The summed E-state index contributed by atoms with van der Waals surface area (Å²) in [5.74, 6) is 3.72. The number of anilines is 2. The molecule has 7 nitrogen and oxygen atoms in total. The molecule has 2 N–H and O–H groups in total. The molecule has 5 rings (SSSR count). The average Bonchev–Trinajstić information content (AvgIpc) is 3.28. The molecule has 3 atom stereocenters. The van der Waals surface area contributed by atoms with Gasteiger partial charge in [-0.15, -0.1) is 0 Å². The molecular weight excluding hydrogens is 376 g/mol. The lowest BCUT2D eigenvalue weighted by molar-refractivity contribution is -0.141. The first kappa shape index (κ1) is 19.5. The fourth-order valence-electron chi connectivity index (χ4n) is 5.82. The van der Waals surface area contributed by atoms with E-state index in [1.54, 1.807) is 0 Å². The van der Waals surface area contributed by atoms with E-state index in [0.717, 1.165) is 55.3 Å². The van der Waals surface area contributed by atoms with Gasteiger partial charge in [-0.2, -0.15) is 5.10 Å². The highest BCUT2D eigenvalue weighted by atomic mass is 16.2. The number of fused-ring (bicyclic) bond motifs is 2. The van der Waals surface area contributed by atoms with Crippen molar-refractivity contribution in [2.75, 3.05) is 5.32 Å². The highest BCUT2D eigenvalue weighted by molar-refractivity contribution is 5.80.